The maximum absolute atomic E-state index is 13.8. The smallest absolute Gasteiger partial charge is 0.255 e. The number of hydrogen-bond acceptors (Lipinski definition) is 8. The van der Waals surface area contributed by atoms with Crippen molar-refractivity contribution in [2.24, 2.45) is 0 Å². The van der Waals surface area contributed by atoms with Gasteiger partial charge in [-0.1, -0.05) is 0 Å². The number of nitrogens with zero attached hydrogens (tertiary/aromatic N) is 7. The fourth-order valence-electron chi connectivity index (χ4n) is 4.51. The number of anilines is 1. The van der Waals surface area contributed by atoms with Crippen LogP contribution in [0.3, 0.4) is 0 Å². The molecule has 0 spiro atoms. The Morgan fingerprint density at radius 2 is 1.92 bits per heavy atom. The SMILES string of the molecule is C[C@@H](C(=O)Nc1cnc(Oc2ccc(F)cc2F)cn1)N1CCN(C(=O)c2ccc3nncn3c2)C(C)(C)C1. The van der Waals surface area contributed by atoms with Crippen LogP contribution in [0.25, 0.3) is 5.65 Å². The Kier molecular flexibility index (Phi) is 6.91. The van der Waals surface area contributed by atoms with Crippen LogP contribution < -0.4 is 10.1 Å². The molecule has 4 heterocycles. The minimum absolute atomic E-state index is 0.0162. The number of ether oxygens (including phenoxy) is 1. The van der Waals surface area contributed by atoms with Crippen LogP contribution in [0.1, 0.15) is 31.1 Å². The number of carbonyl (C=O) groups is 2. The van der Waals surface area contributed by atoms with Crippen LogP contribution in [-0.4, -0.2) is 77.4 Å². The molecule has 11 nitrogen and oxygen atoms in total. The van der Waals surface area contributed by atoms with Crippen molar-refractivity contribution in [3.8, 4) is 11.6 Å². The quantitative estimate of drug-likeness (QED) is 0.399. The molecular formula is C26H26F2N8O3. The van der Waals surface area contributed by atoms with Crippen molar-refractivity contribution in [3.63, 3.8) is 0 Å². The van der Waals surface area contributed by atoms with Crippen molar-refractivity contribution in [1.82, 2.24) is 34.4 Å². The van der Waals surface area contributed by atoms with Gasteiger partial charge in [-0.05, 0) is 45.0 Å². The van der Waals surface area contributed by atoms with Gasteiger partial charge in [0.2, 0.25) is 11.8 Å². The molecule has 202 valence electrons. The highest BCUT2D eigenvalue weighted by Crippen LogP contribution is 2.26. The molecule has 5 rings (SSSR count). The molecule has 1 aromatic carbocycles. The molecule has 1 N–H and O–H groups in total. The Labute approximate surface area is 222 Å². The summed E-state index contributed by atoms with van der Waals surface area (Å²) in [6.45, 7) is 7.13. The molecule has 1 aliphatic heterocycles. The molecule has 2 amide bonds. The zero-order valence-electron chi connectivity index (χ0n) is 21.5. The van der Waals surface area contributed by atoms with E-state index in [9.17, 15) is 18.4 Å². The summed E-state index contributed by atoms with van der Waals surface area (Å²) < 4.78 is 33.9. The van der Waals surface area contributed by atoms with E-state index in [0.29, 0.717) is 36.9 Å². The highest BCUT2D eigenvalue weighted by Gasteiger charge is 2.39. The largest absolute Gasteiger partial charge is 0.434 e. The van der Waals surface area contributed by atoms with Crippen molar-refractivity contribution < 1.29 is 23.1 Å². The van der Waals surface area contributed by atoms with Crippen LogP contribution in [0.15, 0.2) is 55.2 Å². The Bertz CT molecular complexity index is 1530. The summed E-state index contributed by atoms with van der Waals surface area (Å²) in [6, 6.07) is 5.89. The maximum atomic E-state index is 13.8. The van der Waals surface area contributed by atoms with Gasteiger partial charge >= 0.3 is 0 Å². The molecule has 3 aromatic heterocycles. The molecule has 0 aliphatic carbocycles. The monoisotopic (exact) mass is 536 g/mol. The van der Waals surface area contributed by atoms with Crippen LogP contribution in [-0.2, 0) is 4.79 Å². The van der Waals surface area contributed by atoms with E-state index in [1.165, 1.54) is 12.4 Å². The first kappa shape index (κ1) is 26.1. The number of aromatic nitrogens is 5. The average Bonchev–Trinajstić information content (AvgIpc) is 3.38. The molecule has 0 unspecified atom stereocenters. The Balaban J connectivity index is 1.19. The molecule has 1 fully saturated rings. The van der Waals surface area contributed by atoms with Crippen molar-refractivity contribution in [2.75, 3.05) is 25.0 Å². The van der Waals surface area contributed by atoms with Gasteiger partial charge in [0.25, 0.3) is 5.91 Å². The molecular weight excluding hydrogens is 510 g/mol. The Morgan fingerprint density at radius 1 is 1.10 bits per heavy atom. The number of halogens is 2. The molecule has 1 saturated heterocycles. The van der Waals surface area contributed by atoms with E-state index in [1.807, 2.05) is 23.6 Å². The van der Waals surface area contributed by atoms with Crippen LogP contribution in [0.5, 0.6) is 11.6 Å². The highest BCUT2D eigenvalue weighted by molar-refractivity contribution is 5.95. The van der Waals surface area contributed by atoms with Gasteiger partial charge in [-0.2, -0.15) is 0 Å². The molecule has 0 bridgehead atoms. The summed E-state index contributed by atoms with van der Waals surface area (Å²) in [5, 5.41) is 10.5. The van der Waals surface area contributed by atoms with E-state index < -0.39 is 23.2 Å². The van der Waals surface area contributed by atoms with E-state index in [1.54, 1.807) is 36.0 Å². The van der Waals surface area contributed by atoms with E-state index in [4.69, 9.17) is 4.74 Å². The van der Waals surface area contributed by atoms with Gasteiger partial charge in [-0.3, -0.25) is 18.9 Å². The lowest BCUT2D eigenvalue weighted by molar-refractivity contribution is -0.122. The summed E-state index contributed by atoms with van der Waals surface area (Å²) in [5.41, 5.74) is 0.646. The molecule has 13 heteroatoms. The molecule has 39 heavy (non-hydrogen) atoms. The van der Waals surface area contributed by atoms with Crippen molar-refractivity contribution in [1.29, 1.82) is 0 Å². The van der Waals surface area contributed by atoms with Gasteiger partial charge in [-0.15, -0.1) is 10.2 Å². The van der Waals surface area contributed by atoms with E-state index in [-0.39, 0.29) is 29.3 Å². The number of carbonyl (C=O) groups excluding carboxylic acids is 2. The van der Waals surface area contributed by atoms with Gasteiger partial charge in [0.1, 0.15) is 12.1 Å². The first-order valence-corrected chi connectivity index (χ1v) is 12.2. The number of benzene rings is 1. The zero-order valence-corrected chi connectivity index (χ0v) is 21.5. The van der Waals surface area contributed by atoms with Gasteiger partial charge in [0.05, 0.1) is 29.5 Å². The van der Waals surface area contributed by atoms with Gasteiger partial charge < -0.3 is 15.0 Å². The number of piperazine rings is 1. The van der Waals surface area contributed by atoms with Crippen LogP contribution >= 0.6 is 0 Å². The van der Waals surface area contributed by atoms with E-state index >= 15 is 0 Å². The van der Waals surface area contributed by atoms with Crippen LogP contribution in [0.4, 0.5) is 14.6 Å². The van der Waals surface area contributed by atoms with Gasteiger partial charge in [-0.25, -0.2) is 18.7 Å². The number of amides is 2. The minimum atomic E-state index is -0.871. The topological polar surface area (TPSA) is 118 Å². The Morgan fingerprint density at radius 3 is 2.64 bits per heavy atom. The molecule has 0 saturated carbocycles. The van der Waals surface area contributed by atoms with Crippen molar-refractivity contribution in [2.45, 2.75) is 32.4 Å². The van der Waals surface area contributed by atoms with Crippen LogP contribution in [0, 0.1) is 11.6 Å². The lowest BCUT2D eigenvalue weighted by Gasteiger charge is -2.48. The van der Waals surface area contributed by atoms with Crippen molar-refractivity contribution >= 4 is 23.3 Å². The predicted octanol–water partition coefficient (Wildman–Crippen LogP) is 3.15. The summed E-state index contributed by atoms with van der Waals surface area (Å²) in [7, 11) is 0. The summed E-state index contributed by atoms with van der Waals surface area (Å²) in [5.74, 6) is -2.02. The number of rotatable bonds is 6. The summed E-state index contributed by atoms with van der Waals surface area (Å²) >= 11 is 0. The number of hydrogen-bond donors (Lipinski definition) is 1. The first-order valence-electron chi connectivity index (χ1n) is 12.2. The summed E-state index contributed by atoms with van der Waals surface area (Å²) in [6.07, 6.45) is 5.78. The first-order chi connectivity index (χ1) is 18.6. The second-order valence-corrected chi connectivity index (χ2v) is 9.84. The minimum Gasteiger partial charge on any atom is -0.434 e. The summed E-state index contributed by atoms with van der Waals surface area (Å²) in [4.78, 5) is 38.3. The third kappa shape index (κ3) is 5.53. The molecule has 0 radical (unpaired) electrons. The maximum Gasteiger partial charge on any atom is 0.255 e. The fourth-order valence-corrected chi connectivity index (χ4v) is 4.51. The van der Waals surface area contributed by atoms with E-state index in [2.05, 4.69) is 25.5 Å². The molecule has 4 aromatic rings. The standard InChI is InChI=1S/C26H26F2N8O3/c1-16(24(37)32-21-11-30-23(12-29-21)39-20-6-5-18(27)10-19(20)28)34-8-9-36(26(2,3)14-34)25(38)17-4-7-22-33-31-15-35(22)13-17/h4-7,10-13,15-16H,8-9,14H2,1-3H3,(H,29,32,37)/t16-/m0/s1. The molecule has 1 aliphatic rings. The fraction of sp³-hybridized carbons (Fsp3) is 0.308. The van der Waals surface area contributed by atoms with Crippen LogP contribution in [0.2, 0.25) is 0 Å². The second-order valence-electron chi connectivity index (χ2n) is 9.84. The van der Waals surface area contributed by atoms with Gasteiger partial charge in [0.15, 0.2) is 23.0 Å². The lowest BCUT2D eigenvalue weighted by atomic mass is 9.96. The average molecular weight is 537 g/mol. The predicted molar refractivity (Wildman–Crippen MR) is 136 cm³/mol. The normalized spacial score (nSPS) is 16.2. The number of pyridine rings is 1. The third-order valence-corrected chi connectivity index (χ3v) is 6.63. The Hall–Kier alpha value is -4.52. The molecule has 1 atom stereocenters. The van der Waals surface area contributed by atoms with Gasteiger partial charge in [0, 0.05) is 31.9 Å². The van der Waals surface area contributed by atoms with E-state index in [0.717, 1.165) is 12.1 Å². The number of fused-ring (bicyclic) bond motifs is 1. The zero-order chi connectivity index (χ0) is 27.7. The second kappa shape index (κ2) is 10.3. The van der Waals surface area contributed by atoms with Crippen molar-refractivity contribution in [3.05, 3.63) is 72.4 Å². The third-order valence-electron chi connectivity index (χ3n) is 6.63. The lowest BCUT2D eigenvalue weighted by Crippen LogP contribution is -2.63. The highest BCUT2D eigenvalue weighted by atomic mass is 19.1. The number of nitrogens with one attached hydrogen (secondary N) is 1.